The number of carbonyl (C=O) groups is 2. The van der Waals surface area contributed by atoms with Gasteiger partial charge in [0.1, 0.15) is 0 Å². The van der Waals surface area contributed by atoms with E-state index in [2.05, 4.69) is 34.5 Å². The van der Waals surface area contributed by atoms with Gasteiger partial charge < -0.3 is 15.0 Å². The van der Waals surface area contributed by atoms with Gasteiger partial charge in [0.05, 0.1) is 12.2 Å². The van der Waals surface area contributed by atoms with Gasteiger partial charge >= 0.3 is 5.97 Å². The second-order valence-corrected chi connectivity index (χ2v) is 8.06. The van der Waals surface area contributed by atoms with E-state index < -0.39 is 5.97 Å². The summed E-state index contributed by atoms with van der Waals surface area (Å²) >= 11 is 0. The number of fused-ring (bicyclic) bond motifs is 1. The number of ether oxygens (including phenoxy) is 1. The Morgan fingerprint density at radius 1 is 1.00 bits per heavy atom. The molecule has 0 unspecified atom stereocenters. The van der Waals surface area contributed by atoms with Gasteiger partial charge in [0, 0.05) is 30.0 Å². The van der Waals surface area contributed by atoms with E-state index in [4.69, 9.17) is 4.74 Å². The van der Waals surface area contributed by atoms with Crippen LogP contribution in [-0.4, -0.2) is 25.0 Å². The molecule has 0 fully saturated rings. The zero-order chi connectivity index (χ0) is 22.5. The van der Waals surface area contributed by atoms with E-state index in [0.717, 1.165) is 31.5 Å². The molecule has 5 nitrogen and oxygen atoms in total. The molecule has 164 valence electrons. The largest absolute Gasteiger partial charge is 0.462 e. The SMILES string of the molecule is CCOC(=O)c1ccc(C)c(NC(=O)c2ccc(CN3CCCc4ccccc43)cc2)c1. The molecule has 1 N–H and O–H groups in total. The normalized spacial score (nSPS) is 12.8. The fraction of sp³-hybridized carbons (Fsp3) is 0.259. The number of hydrogen-bond acceptors (Lipinski definition) is 4. The number of esters is 1. The van der Waals surface area contributed by atoms with Crippen LogP contribution in [0.15, 0.2) is 66.7 Å². The van der Waals surface area contributed by atoms with Gasteiger partial charge in [-0.05, 0) is 73.7 Å². The molecule has 0 atom stereocenters. The highest BCUT2D eigenvalue weighted by Crippen LogP contribution is 2.28. The Bertz CT molecular complexity index is 1120. The van der Waals surface area contributed by atoms with Crippen molar-refractivity contribution in [1.82, 2.24) is 0 Å². The van der Waals surface area contributed by atoms with Crippen LogP contribution >= 0.6 is 0 Å². The molecule has 3 aromatic rings. The third-order valence-electron chi connectivity index (χ3n) is 5.79. The Morgan fingerprint density at radius 2 is 1.75 bits per heavy atom. The number of para-hydroxylation sites is 1. The Labute approximate surface area is 189 Å². The van der Waals surface area contributed by atoms with E-state index in [1.807, 2.05) is 31.2 Å². The predicted octanol–water partition coefficient (Wildman–Crippen LogP) is 5.38. The van der Waals surface area contributed by atoms with E-state index in [-0.39, 0.29) is 5.91 Å². The fourth-order valence-electron chi connectivity index (χ4n) is 4.05. The number of benzene rings is 3. The summed E-state index contributed by atoms with van der Waals surface area (Å²) in [5, 5.41) is 2.92. The first kappa shape index (κ1) is 21.6. The zero-order valence-corrected chi connectivity index (χ0v) is 18.6. The van der Waals surface area contributed by atoms with Crippen molar-refractivity contribution in [2.45, 2.75) is 33.2 Å². The van der Waals surface area contributed by atoms with Crippen LogP contribution in [0, 0.1) is 6.92 Å². The quantitative estimate of drug-likeness (QED) is 0.536. The van der Waals surface area contributed by atoms with Gasteiger partial charge in [0.2, 0.25) is 0 Å². The molecule has 0 radical (unpaired) electrons. The van der Waals surface area contributed by atoms with Crippen molar-refractivity contribution in [2.75, 3.05) is 23.4 Å². The van der Waals surface area contributed by atoms with Gasteiger partial charge in [-0.2, -0.15) is 0 Å². The highest BCUT2D eigenvalue weighted by atomic mass is 16.5. The van der Waals surface area contributed by atoms with E-state index in [9.17, 15) is 9.59 Å². The fourth-order valence-corrected chi connectivity index (χ4v) is 4.05. The smallest absolute Gasteiger partial charge is 0.338 e. The van der Waals surface area contributed by atoms with E-state index in [1.165, 1.54) is 16.8 Å². The van der Waals surface area contributed by atoms with Crippen LogP contribution in [0.3, 0.4) is 0 Å². The van der Waals surface area contributed by atoms with Gasteiger partial charge in [-0.15, -0.1) is 0 Å². The Kier molecular flexibility index (Phi) is 6.55. The lowest BCUT2D eigenvalue weighted by molar-refractivity contribution is 0.0526. The number of aryl methyl sites for hydroxylation is 2. The first-order valence-corrected chi connectivity index (χ1v) is 11.1. The molecular formula is C27H28N2O3. The summed E-state index contributed by atoms with van der Waals surface area (Å²) in [5.74, 6) is -0.601. The van der Waals surface area contributed by atoms with Gasteiger partial charge in [0.25, 0.3) is 5.91 Å². The number of carbonyl (C=O) groups excluding carboxylic acids is 2. The Balaban J connectivity index is 1.44. The standard InChI is InChI=1S/C27H28N2O3/c1-3-32-27(31)23-13-10-19(2)24(17-23)28-26(30)22-14-11-20(12-15-22)18-29-16-6-8-21-7-4-5-9-25(21)29/h4-5,7,9-15,17H,3,6,8,16,18H2,1-2H3,(H,28,30). The summed E-state index contributed by atoms with van der Waals surface area (Å²) < 4.78 is 5.05. The molecule has 3 aromatic carbocycles. The van der Waals surface area contributed by atoms with Crippen molar-refractivity contribution in [3.05, 3.63) is 94.5 Å². The molecule has 0 bridgehead atoms. The van der Waals surface area contributed by atoms with Crippen molar-refractivity contribution in [2.24, 2.45) is 0 Å². The molecule has 1 heterocycles. The zero-order valence-electron chi connectivity index (χ0n) is 18.6. The molecule has 32 heavy (non-hydrogen) atoms. The van der Waals surface area contributed by atoms with E-state index in [0.29, 0.717) is 23.4 Å². The lowest BCUT2D eigenvalue weighted by Gasteiger charge is -2.31. The minimum absolute atomic E-state index is 0.205. The molecule has 1 aliphatic rings. The molecule has 1 amide bonds. The van der Waals surface area contributed by atoms with Crippen molar-refractivity contribution < 1.29 is 14.3 Å². The van der Waals surface area contributed by atoms with Gasteiger partial charge in [-0.1, -0.05) is 36.4 Å². The summed E-state index contributed by atoms with van der Waals surface area (Å²) in [7, 11) is 0. The topological polar surface area (TPSA) is 58.6 Å². The predicted molar refractivity (Wildman–Crippen MR) is 127 cm³/mol. The molecule has 0 aromatic heterocycles. The van der Waals surface area contributed by atoms with Crippen LogP contribution in [-0.2, 0) is 17.7 Å². The lowest BCUT2D eigenvalue weighted by Crippen LogP contribution is -2.28. The molecule has 0 saturated heterocycles. The maximum atomic E-state index is 12.8. The van der Waals surface area contributed by atoms with Crippen LogP contribution in [0.2, 0.25) is 0 Å². The number of hydrogen-bond donors (Lipinski definition) is 1. The number of anilines is 2. The van der Waals surface area contributed by atoms with E-state index in [1.54, 1.807) is 25.1 Å². The van der Waals surface area contributed by atoms with Crippen LogP contribution in [0.25, 0.3) is 0 Å². The number of rotatable bonds is 6. The summed E-state index contributed by atoms with van der Waals surface area (Å²) in [6.45, 7) is 5.82. The van der Waals surface area contributed by atoms with Gasteiger partial charge in [-0.3, -0.25) is 4.79 Å². The number of nitrogens with zero attached hydrogens (tertiary/aromatic N) is 1. The molecule has 0 saturated carbocycles. The first-order chi connectivity index (χ1) is 15.5. The van der Waals surface area contributed by atoms with Gasteiger partial charge in [0.15, 0.2) is 0 Å². The summed E-state index contributed by atoms with van der Waals surface area (Å²) in [6, 6.07) is 21.5. The minimum atomic E-state index is -0.397. The van der Waals surface area contributed by atoms with Crippen molar-refractivity contribution in [1.29, 1.82) is 0 Å². The Morgan fingerprint density at radius 3 is 2.53 bits per heavy atom. The average Bonchev–Trinajstić information content (AvgIpc) is 2.81. The lowest BCUT2D eigenvalue weighted by atomic mass is 10.0. The van der Waals surface area contributed by atoms with Gasteiger partial charge in [-0.25, -0.2) is 4.79 Å². The molecule has 1 aliphatic heterocycles. The van der Waals surface area contributed by atoms with E-state index >= 15 is 0 Å². The monoisotopic (exact) mass is 428 g/mol. The first-order valence-electron chi connectivity index (χ1n) is 11.1. The number of nitrogens with one attached hydrogen (secondary N) is 1. The van der Waals surface area contributed by atoms with Crippen LogP contribution in [0.4, 0.5) is 11.4 Å². The second-order valence-electron chi connectivity index (χ2n) is 8.06. The summed E-state index contributed by atoms with van der Waals surface area (Å²) in [5.41, 5.74) is 6.35. The Hall–Kier alpha value is -3.60. The molecule has 0 spiro atoms. The summed E-state index contributed by atoms with van der Waals surface area (Å²) in [6.07, 6.45) is 2.28. The highest BCUT2D eigenvalue weighted by molar-refractivity contribution is 6.05. The molecule has 0 aliphatic carbocycles. The average molecular weight is 429 g/mol. The maximum Gasteiger partial charge on any atom is 0.338 e. The van der Waals surface area contributed by atoms with Crippen molar-refractivity contribution in [3.8, 4) is 0 Å². The molecule has 5 heteroatoms. The van der Waals surface area contributed by atoms with Crippen molar-refractivity contribution in [3.63, 3.8) is 0 Å². The maximum absolute atomic E-state index is 12.8. The number of amides is 1. The molecular weight excluding hydrogens is 400 g/mol. The molecule has 4 rings (SSSR count). The summed E-state index contributed by atoms with van der Waals surface area (Å²) in [4.78, 5) is 27.2. The third kappa shape index (κ3) is 4.83. The van der Waals surface area contributed by atoms with Crippen LogP contribution in [0.5, 0.6) is 0 Å². The van der Waals surface area contributed by atoms with Crippen molar-refractivity contribution >= 4 is 23.3 Å². The second kappa shape index (κ2) is 9.69. The minimum Gasteiger partial charge on any atom is -0.462 e. The van der Waals surface area contributed by atoms with Crippen LogP contribution < -0.4 is 10.2 Å². The van der Waals surface area contributed by atoms with Crippen LogP contribution in [0.1, 0.15) is 50.8 Å². The highest BCUT2D eigenvalue weighted by Gasteiger charge is 2.17. The third-order valence-corrected chi connectivity index (χ3v) is 5.79.